The molecule has 4 rings (SSSR count). The number of halogens is 6. The van der Waals surface area contributed by atoms with E-state index >= 15 is 0 Å². The van der Waals surface area contributed by atoms with Crippen molar-refractivity contribution in [1.82, 2.24) is 4.98 Å². The number of aryl methyl sites for hydroxylation is 1. The SMILES string of the molecule is CC(C)C.Cc1ccc2nc(Nc3c(Cl)cc(NS(=O)(=O)c4ccc(C(F)(F)F)cc4Cl)cc3Cl)sc2c1. The van der Waals surface area contributed by atoms with Crippen LogP contribution in [0.15, 0.2) is 53.4 Å². The molecule has 0 fully saturated rings. The highest BCUT2D eigenvalue weighted by molar-refractivity contribution is 7.92. The van der Waals surface area contributed by atoms with Crippen molar-refractivity contribution >= 4 is 82.9 Å². The molecule has 0 amide bonds. The Bertz CT molecular complexity index is 1550. The Hall–Kier alpha value is -2.24. The number of alkyl halides is 3. The number of benzene rings is 3. The van der Waals surface area contributed by atoms with Crippen LogP contribution < -0.4 is 10.0 Å². The van der Waals surface area contributed by atoms with Gasteiger partial charge in [0.2, 0.25) is 0 Å². The number of aromatic nitrogens is 1. The van der Waals surface area contributed by atoms with Gasteiger partial charge in [-0.1, -0.05) is 73.0 Å². The third-order valence-electron chi connectivity index (χ3n) is 4.62. The molecule has 38 heavy (non-hydrogen) atoms. The molecule has 1 aromatic heterocycles. The Morgan fingerprint density at radius 1 is 0.921 bits per heavy atom. The zero-order valence-corrected chi connectivity index (χ0v) is 24.4. The molecule has 0 aliphatic rings. The lowest BCUT2D eigenvalue weighted by Gasteiger charge is -2.14. The highest BCUT2D eigenvalue weighted by Crippen LogP contribution is 2.39. The molecule has 0 aliphatic carbocycles. The standard InChI is InChI=1S/C21H13Cl3F3N3O2S2.C4H10/c1-10-2-4-16-17(6-10)33-20(28-16)29-19-14(23)8-12(9-15(19)24)30-34(31,32)18-5-3-11(7-13(18)22)21(25,26)27;1-4(2)3/h2-9,30H,1H3,(H,28,29);4H,1-3H3. The maximum absolute atomic E-state index is 12.8. The van der Waals surface area contributed by atoms with Gasteiger partial charge in [-0.05, 0) is 60.9 Å². The zero-order chi connectivity index (χ0) is 28.4. The van der Waals surface area contributed by atoms with E-state index in [1.165, 1.54) is 23.5 Å². The van der Waals surface area contributed by atoms with Gasteiger partial charge < -0.3 is 5.32 Å². The highest BCUT2D eigenvalue weighted by atomic mass is 35.5. The predicted molar refractivity (Wildman–Crippen MR) is 152 cm³/mol. The summed E-state index contributed by atoms with van der Waals surface area (Å²) in [5.41, 5.74) is 1.13. The molecule has 0 atom stereocenters. The molecule has 0 unspecified atom stereocenters. The van der Waals surface area contributed by atoms with Crippen LogP contribution >= 0.6 is 46.1 Å². The second-order valence-electron chi connectivity index (χ2n) is 8.91. The predicted octanol–water partition coefficient (Wildman–Crippen LogP) is 9.79. The molecule has 1 heterocycles. The first-order valence-corrected chi connectivity index (χ1v) is 14.5. The Morgan fingerprint density at radius 2 is 1.53 bits per heavy atom. The topological polar surface area (TPSA) is 71.1 Å². The van der Waals surface area contributed by atoms with E-state index in [0.29, 0.717) is 23.0 Å². The quantitative estimate of drug-likeness (QED) is 0.232. The lowest BCUT2D eigenvalue weighted by Crippen LogP contribution is -2.14. The number of fused-ring (bicyclic) bond motifs is 1. The molecule has 2 N–H and O–H groups in total. The van der Waals surface area contributed by atoms with Crippen molar-refractivity contribution in [2.75, 3.05) is 10.0 Å². The average Bonchev–Trinajstić information content (AvgIpc) is 3.16. The van der Waals surface area contributed by atoms with Crippen LogP contribution in [-0.2, 0) is 16.2 Å². The van der Waals surface area contributed by atoms with E-state index in [1.54, 1.807) is 0 Å². The molecule has 3 aromatic carbocycles. The van der Waals surface area contributed by atoms with Gasteiger partial charge in [0, 0.05) is 0 Å². The first kappa shape index (κ1) is 30.3. The van der Waals surface area contributed by atoms with Crippen molar-refractivity contribution in [3.05, 3.63) is 74.7 Å². The number of hydrogen-bond donors (Lipinski definition) is 2. The lowest BCUT2D eigenvalue weighted by molar-refractivity contribution is -0.137. The molecule has 0 saturated carbocycles. The molecular formula is C25H23Cl3F3N3O2S2. The van der Waals surface area contributed by atoms with Gasteiger partial charge in [-0.25, -0.2) is 13.4 Å². The van der Waals surface area contributed by atoms with Crippen LogP contribution in [0.2, 0.25) is 15.1 Å². The summed E-state index contributed by atoms with van der Waals surface area (Å²) >= 11 is 19.9. The summed E-state index contributed by atoms with van der Waals surface area (Å²) in [4.78, 5) is 3.94. The van der Waals surface area contributed by atoms with Crippen LogP contribution in [0.25, 0.3) is 10.2 Å². The number of thiazole rings is 1. The van der Waals surface area contributed by atoms with Crippen molar-refractivity contribution in [2.24, 2.45) is 5.92 Å². The lowest BCUT2D eigenvalue weighted by atomic mass is 10.2. The van der Waals surface area contributed by atoms with E-state index in [0.717, 1.165) is 27.8 Å². The van der Waals surface area contributed by atoms with E-state index in [4.69, 9.17) is 34.8 Å². The molecule has 0 spiro atoms. The minimum Gasteiger partial charge on any atom is -0.329 e. The minimum absolute atomic E-state index is 0.00330. The van der Waals surface area contributed by atoms with Crippen molar-refractivity contribution in [3.63, 3.8) is 0 Å². The minimum atomic E-state index is -4.66. The monoisotopic (exact) mass is 623 g/mol. The van der Waals surface area contributed by atoms with E-state index in [2.05, 4.69) is 35.8 Å². The van der Waals surface area contributed by atoms with E-state index in [1.807, 2.05) is 25.1 Å². The van der Waals surface area contributed by atoms with Gasteiger partial charge in [-0.15, -0.1) is 0 Å². The Balaban J connectivity index is 0.000000934. The second-order valence-corrected chi connectivity index (χ2v) is 12.8. The van der Waals surface area contributed by atoms with Crippen molar-refractivity contribution < 1.29 is 21.6 Å². The Labute approximate surface area is 238 Å². The molecule has 204 valence electrons. The first-order chi connectivity index (χ1) is 17.6. The molecular weight excluding hydrogens is 602 g/mol. The largest absolute Gasteiger partial charge is 0.416 e. The first-order valence-electron chi connectivity index (χ1n) is 11.1. The van der Waals surface area contributed by atoms with Gasteiger partial charge in [0.1, 0.15) is 4.90 Å². The van der Waals surface area contributed by atoms with E-state index in [-0.39, 0.29) is 15.7 Å². The number of hydrogen-bond acceptors (Lipinski definition) is 5. The van der Waals surface area contributed by atoms with Crippen LogP contribution in [0.5, 0.6) is 0 Å². The van der Waals surface area contributed by atoms with Gasteiger partial charge in [0.05, 0.1) is 42.2 Å². The van der Waals surface area contributed by atoms with Gasteiger partial charge in [-0.3, -0.25) is 4.72 Å². The summed E-state index contributed by atoms with van der Waals surface area (Å²) in [7, 11) is -4.33. The van der Waals surface area contributed by atoms with Crippen LogP contribution in [0.1, 0.15) is 31.9 Å². The summed E-state index contributed by atoms with van der Waals surface area (Å²) < 4.78 is 67.2. The molecule has 4 aromatic rings. The van der Waals surface area contributed by atoms with Crippen molar-refractivity contribution in [2.45, 2.75) is 38.8 Å². The smallest absolute Gasteiger partial charge is 0.329 e. The molecule has 0 saturated heterocycles. The fourth-order valence-corrected chi connectivity index (χ4v) is 6.19. The maximum atomic E-state index is 12.8. The molecule has 5 nitrogen and oxygen atoms in total. The Morgan fingerprint density at radius 3 is 2.08 bits per heavy atom. The molecule has 13 heteroatoms. The maximum Gasteiger partial charge on any atom is 0.416 e. The van der Waals surface area contributed by atoms with Crippen LogP contribution in [0, 0.1) is 12.8 Å². The number of rotatable bonds is 5. The fourth-order valence-electron chi connectivity index (χ4n) is 3.05. The summed E-state index contributed by atoms with van der Waals surface area (Å²) in [6, 6.07) is 10.4. The Kier molecular flexibility index (Phi) is 9.47. The summed E-state index contributed by atoms with van der Waals surface area (Å²) in [6.45, 7) is 8.47. The van der Waals surface area contributed by atoms with Crippen molar-refractivity contribution in [1.29, 1.82) is 0 Å². The van der Waals surface area contributed by atoms with E-state index < -0.39 is 31.7 Å². The van der Waals surface area contributed by atoms with Crippen LogP contribution in [0.3, 0.4) is 0 Å². The highest BCUT2D eigenvalue weighted by Gasteiger charge is 2.32. The second kappa shape index (κ2) is 11.9. The third-order valence-corrected chi connectivity index (χ3v) is 8.01. The molecule has 0 aliphatic heterocycles. The number of nitrogens with one attached hydrogen (secondary N) is 2. The number of sulfonamides is 1. The normalized spacial score (nSPS) is 11.9. The number of anilines is 3. The van der Waals surface area contributed by atoms with Gasteiger partial charge >= 0.3 is 6.18 Å². The third kappa shape index (κ3) is 7.66. The number of nitrogens with zero attached hydrogens (tertiary/aromatic N) is 1. The van der Waals surface area contributed by atoms with E-state index in [9.17, 15) is 21.6 Å². The summed E-state index contributed by atoms with van der Waals surface area (Å²) in [6.07, 6.45) is -4.66. The molecule has 0 bridgehead atoms. The summed E-state index contributed by atoms with van der Waals surface area (Å²) in [5, 5.41) is 3.19. The van der Waals surface area contributed by atoms with Gasteiger partial charge in [-0.2, -0.15) is 13.2 Å². The zero-order valence-electron chi connectivity index (χ0n) is 20.5. The molecule has 0 radical (unpaired) electrons. The van der Waals surface area contributed by atoms with Gasteiger partial charge in [0.15, 0.2) is 5.13 Å². The van der Waals surface area contributed by atoms with Crippen LogP contribution in [0.4, 0.5) is 29.7 Å². The van der Waals surface area contributed by atoms with Crippen LogP contribution in [-0.4, -0.2) is 13.4 Å². The fraction of sp³-hybridized carbons (Fsp3) is 0.240. The summed E-state index contributed by atoms with van der Waals surface area (Å²) in [5.74, 6) is 0.833. The van der Waals surface area contributed by atoms with Gasteiger partial charge in [0.25, 0.3) is 10.0 Å². The van der Waals surface area contributed by atoms with Crippen molar-refractivity contribution in [3.8, 4) is 0 Å². The average molecular weight is 625 g/mol.